The number of nitrogens with two attached hydrogens (primary N) is 1. The van der Waals surface area contributed by atoms with Gasteiger partial charge in [-0.15, -0.1) is 0 Å². The lowest BCUT2D eigenvalue weighted by molar-refractivity contribution is -0.174. The molecule has 1 rings (SSSR count). The van der Waals surface area contributed by atoms with E-state index in [1.807, 2.05) is 6.92 Å². The van der Waals surface area contributed by atoms with Crippen molar-refractivity contribution in [3.8, 4) is 5.75 Å². The number of rotatable bonds is 8. The number of hydrogen-bond donors (Lipinski definition) is 1. The molecular weight excluding hydrogens is 273 g/mol. The lowest BCUT2D eigenvalue weighted by Gasteiger charge is -2.14. The van der Waals surface area contributed by atoms with Crippen molar-refractivity contribution in [2.45, 2.75) is 32.0 Å². The highest BCUT2D eigenvalue weighted by Crippen LogP contribution is 2.19. The third-order valence-electron chi connectivity index (χ3n) is 2.47. The molecule has 20 heavy (non-hydrogen) atoms. The molecule has 0 bridgehead atoms. The smallest absolute Gasteiger partial charge is 0.411 e. The molecule has 7 heteroatoms. The lowest BCUT2D eigenvalue weighted by Crippen LogP contribution is -2.19. The van der Waals surface area contributed by atoms with Gasteiger partial charge < -0.3 is 15.2 Å². The van der Waals surface area contributed by atoms with Gasteiger partial charge in [0.1, 0.15) is 12.4 Å². The van der Waals surface area contributed by atoms with Gasteiger partial charge in [-0.25, -0.2) is 0 Å². The van der Waals surface area contributed by atoms with E-state index in [-0.39, 0.29) is 13.0 Å². The van der Waals surface area contributed by atoms with Crippen molar-refractivity contribution in [2.75, 3.05) is 19.8 Å². The largest absolute Gasteiger partial charge is 0.492 e. The van der Waals surface area contributed by atoms with Crippen LogP contribution in [0.25, 0.3) is 0 Å². The van der Waals surface area contributed by atoms with Gasteiger partial charge in [0.05, 0.1) is 12.8 Å². The monoisotopic (exact) mass is 292 g/mol. The Balaban J connectivity index is 2.40. The zero-order chi connectivity index (χ0) is 15.0. The Hall–Kier alpha value is -1.34. The van der Waals surface area contributed by atoms with E-state index in [2.05, 4.69) is 9.72 Å². The van der Waals surface area contributed by atoms with Crippen LogP contribution in [-0.2, 0) is 4.74 Å². The number of aromatic nitrogens is 1. The van der Waals surface area contributed by atoms with Gasteiger partial charge in [0, 0.05) is 18.8 Å². The molecule has 1 unspecified atom stereocenters. The van der Waals surface area contributed by atoms with E-state index in [1.54, 1.807) is 18.5 Å². The van der Waals surface area contributed by atoms with E-state index >= 15 is 0 Å². The summed E-state index contributed by atoms with van der Waals surface area (Å²) in [5, 5.41) is 0. The van der Waals surface area contributed by atoms with Gasteiger partial charge in [-0.2, -0.15) is 13.2 Å². The summed E-state index contributed by atoms with van der Waals surface area (Å²) in [4.78, 5) is 4.00. The Morgan fingerprint density at radius 1 is 1.30 bits per heavy atom. The summed E-state index contributed by atoms with van der Waals surface area (Å²) in [7, 11) is 0. The van der Waals surface area contributed by atoms with Gasteiger partial charge in [0.2, 0.25) is 0 Å². The number of pyridine rings is 1. The van der Waals surface area contributed by atoms with Crippen molar-refractivity contribution in [2.24, 2.45) is 5.73 Å². The van der Waals surface area contributed by atoms with Gasteiger partial charge in [-0.05, 0) is 24.5 Å². The molecular formula is C13H19F3N2O2. The molecule has 0 fully saturated rings. The minimum atomic E-state index is -4.31. The molecule has 1 heterocycles. The van der Waals surface area contributed by atoms with Crippen LogP contribution in [0.15, 0.2) is 18.5 Å². The van der Waals surface area contributed by atoms with Gasteiger partial charge >= 0.3 is 6.18 Å². The first kappa shape index (κ1) is 16.7. The average Bonchev–Trinajstić information content (AvgIpc) is 2.40. The number of alkyl halides is 3. The summed E-state index contributed by atoms with van der Waals surface area (Å²) in [5.41, 5.74) is 6.60. The van der Waals surface area contributed by atoms with Crippen LogP contribution in [0.2, 0.25) is 0 Å². The molecule has 2 N–H and O–H groups in total. The highest BCUT2D eigenvalue weighted by atomic mass is 19.4. The molecule has 0 radical (unpaired) electrons. The lowest BCUT2D eigenvalue weighted by atomic mass is 10.1. The Labute approximate surface area is 116 Å². The maximum Gasteiger partial charge on any atom is 0.411 e. The van der Waals surface area contributed by atoms with Crippen LogP contribution in [0, 0.1) is 0 Å². The Morgan fingerprint density at radius 3 is 2.70 bits per heavy atom. The van der Waals surface area contributed by atoms with Gasteiger partial charge in [0.25, 0.3) is 0 Å². The van der Waals surface area contributed by atoms with Crippen molar-refractivity contribution < 1.29 is 22.6 Å². The summed E-state index contributed by atoms with van der Waals surface area (Å²) < 4.78 is 45.6. The normalized spacial score (nSPS) is 13.2. The summed E-state index contributed by atoms with van der Waals surface area (Å²) in [6.07, 6.45) is 0.00930. The second kappa shape index (κ2) is 8.06. The highest BCUT2D eigenvalue weighted by molar-refractivity contribution is 5.25. The van der Waals surface area contributed by atoms with Crippen LogP contribution in [0.1, 0.15) is 31.4 Å². The second-order valence-electron chi connectivity index (χ2n) is 4.37. The zero-order valence-electron chi connectivity index (χ0n) is 11.3. The molecule has 114 valence electrons. The van der Waals surface area contributed by atoms with Crippen LogP contribution in [0.5, 0.6) is 5.75 Å². The summed E-state index contributed by atoms with van der Waals surface area (Å²) in [5.74, 6) is 0.607. The van der Waals surface area contributed by atoms with Crippen LogP contribution in [-0.4, -0.2) is 31.0 Å². The summed E-state index contributed by atoms with van der Waals surface area (Å²) in [6, 6.07) is 1.32. The minimum absolute atomic E-state index is 0.0548. The molecule has 1 aromatic heterocycles. The first-order valence-corrected chi connectivity index (χ1v) is 6.40. The van der Waals surface area contributed by atoms with Gasteiger partial charge in [-0.3, -0.25) is 4.98 Å². The molecule has 0 saturated carbocycles. The van der Waals surface area contributed by atoms with E-state index in [9.17, 15) is 13.2 Å². The van der Waals surface area contributed by atoms with E-state index in [4.69, 9.17) is 10.5 Å². The molecule has 0 aliphatic rings. The van der Waals surface area contributed by atoms with Crippen molar-refractivity contribution in [1.29, 1.82) is 0 Å². The highest BCUT2D eigenvalue weighted by Gasteiger charge is 2.27. The van der Waals surface area contributed by atoms with E-state index in [0.717, 1.165) is 6.42 Å². The molecule has 0 spiro atoms. The molecule has 1 atom stereocenters. The van der Waals surface area contributed by atoms with Crippen LogP contribution >= 0.6 is 0 Å². The average molecular weight is 292 g/mol. The second-order valence-corrected chi connectivity index (χ2v) is 4.37. The Morgan fingerprint density at radius 2 is 2.05 bits per heavy atom. The van der Waals surface area contributed by atoms with E-state index < -0.39 is 18.8 Å². The maximum absolute atomic E-state index is 11.9. The number of nitrogens with zero attached hydrogens (tertiary/aromatic N) is 1. The predicted octanol–water partition coefficient (Wildman–Crippen LogP) is 2.84. The van der Waals surface area contributed by atoms with Crippen molar-refractivity contribution in [1.82, 2.24) is 4.98 Å². The topological polar surface area (TPSA) is 57.4 Å². The standard InChI is InChI=1S/C13H19F3N2O2/c1-2-4-20-11-6-10(7-18-8-11)12(17)3-5-19-9-13(14,15)16/h6-8,12H,2-5,9,17H2,1H3. The minimum Gasteiger partial charge on any atom is -0.492 e. The molecule has 0 amide bonds. The maximum atomic E-state index is 11.9. The fourth-order valence-corrected chi connectivity index (χ4v) is 1.50. The number of hydrogen-bond acceptors (Lipinski definition) is 4. The van der Waals surface area contributed by atoms with Crippen LogP contribution in [0.3, 0.4) is 0 Å². The Kier molecular flexibility index (Phi) is 6.74. The third-order valence-corrected chi connectivity index (χ3v) is 2.47. The Bertz CT molecular complexity index is 399. The first-order chi connectivity index (χ1) is 9.42. The molecule has 0 aliphatic heterocycles. The van der Waals surface area contributed by atoms with Crippen molar-refractivity contribution in [3.05, 3.63) is 24.0 Å². The van der Waals surface area contributed by atoms with Gasteiger partial charge in [0.15, 0.2) is 0 Å². The van der Waals surface area contributed by atoms with Crippen LogP contribution in [0.4, 0.5) is 13.2 Å². The molecule has 4 nitrogen and oxygen atoms in total. The molecule has 0 aliphatic carbocycles. The zero-order valence-corrected chi connectivity index (χ0v) is 11.3. The molecule has 1 aromatic rings. The number of ether oxygens (including phenoxy) is 2. The predicted molar refractivity (Wildman–Crippen MR) is 68.4 cm³/mol. The van der Waals surface area contributed by atoms with Crippen molar-refractivity contribution >= 4 is 0 Å². The van der Waals surface area contributed by atoms with Crippen molar-refractivity contribution in [3.63, 3.8) is 0 Å². The molecule has 0 saturated heterocycles. The quantitative estimate of drug-likeness (QED) is 0.749. The fourth-order valence-electron chi connectivity index (χ4n) is 1.50. The van der Waals surface area contributed by atoms with Crippen LogP contribution < -0.4 is 10.5 Å². The first-order valence-electron chi connectivity index (χ1n) is 6.40. The van der Waals surface area contributed by atoms with E-state index in [0.29, 0.717) is 17.9 Å². The summed E-state index contributed by atoms with van der Waals surface area (Å²) >= 11 is 0. The summed E-state index contributed by atoms with van der Waals surface area (Å²) in [6.45, 7) is 1.26. The SMILES string of the molecule is CCCOc1cncc(C(N)CCOCC(F)(F)F)c1. The van der Waals surface area contributed by atoms with E-state index in [1.165, 1.54) is 0 Å². The third kappa shape index (κ3) is 6.72. The van der Waals surface area contributed by atoms with Gasteiger partial charge in [-0.1, -0.05) is 6.92 Å². The fraction of sp³-hybridized carbons (Fsp3) is 0.615. The molecule has 0 aromatic carbocycles. The number of halogens is 3.